The van der Waals surface area contributed by atoms with Gasteiger partial charge >= 0.3 is 0 Å². The van der Waals surface area contributed by atoms with Crippen LogP contribution in [0.3, 0.4) is 0 Å². The van der Waals surface area contributed by atoms with Gasteiger partial charge < -0.3 is 33.7 Å². The Kier molecular flexibility index (Phi) is 11.5. The largest absolute Gasteiger partial charge is 0.508 e. The lowest BCUT2D eigenvalue weighted by atomic mass is 9.91. The number of carbonyl (C=O) groups excluding carboxylic acids is 2. The molecule has 1 N–H and O–H groups in total. The van der Waals surface area contributed by atoms with Crippen LogP contribution in [0.2, 0.25) is 5.02 Å². The molecule has 4 aromatic carbocycles. The Labute approximate surface area is 327 Å². The SMILES string of the molecule is COc1cc(C(=O)N2Cc3ccccc3C[C@H]2CN2CCOCC2)c(Cc2c(CN(C(=O)c3ccn(C)c3C)c3ccc(O)cc3)cccc2OC)cc1Cl. The van der Waals surface area contributed by atoms with Crippen LogP contribution in [0.25, 0.3) is 0 Å². The number of amides is 2. The van der Waals surface area contributed by atoms with E-state index in [1.54, 1.807) is 49.5 Å². The highest BCUT2D eigenvalue weighted by atomic mass is 35.5. The molecule has 55 heavy (non-hydrogen) atoms. The number of carbonyl (C=O) groups is 2. The van der Waals surface area contributed by atoms with Gasteiger partial charge in [0.25, 0.3) is 11.8 Å². The smallest absolute Gasteiger partial charge is 0.260 e. The van der Waals surface area contributed by atoms with Crippen LogP contribution in [0.4, 0.5) is 5.69 Å². The molecule has 3 heterocycles. The van der Waals surface area contributed by atoms with E-state index in [2.05, 4.69) is 23.1 Å². The van der Waals surface area contributed by atoms with E-state index in [0.717, 1.165) is 48.4 Å². The van der Waals surface area contributed by atoms with Crippen molar-refractivity contribution in [2.24, 2.45) is 7.05 Å². The van der Waals surface area contributed by atoms with E-state index in [9.17, 15) is 9.90 Å². The molecular formula is C44H47ClN4O6. The molecule has 1 aromatic heterocycles. The molecule has 0 aliphatic carbocycles. The van der Waals surface area contributed by atoms with Crippen molar-refractivity contribution < 1.29 is 28.9 Å². The Morgan fingerprint density at radius 3 is 2.31 bits per heavy atom. The van der Waals surface area contributed by atoms with Crippen LogP contribution in [0.5, 0.6) is 17.2 Å². The summed E-state index contributed by atoms with van der Waals surface area (Å²) >= 11 is 6.82. The van der Waals surface area contributed by atoms with Crippen LogP contribution in [-0.4, -0.2) is 84.4 Å². The van der Waals surface area contributed by atoms with Gasteiger partial charge in [0.1, 0.15) is 17.2 Å². The fraction of sp³-hybridized carbons (Fsp3) is 0.318. The number of rotatable bonds is 11. The van der Waals surface area contributed by atoms with Gasteiger partial charge in [0.05, 0.1) is 44.6 Å². The molecule has 1 saturated heterocycles. The van der Waals surface area contributed by atoms with Gasteiger partial charge in [0.15, 0.2) is 0 Å². The van der Waals surface area contributed by atoms with Gasteiger partial charge in [-0.05, 0) is 84.1 Å². The second-order valence-corrected chi connectivity index (χ2v) is 14.6. The minimum atomic E-state index is -0.183. The summed E-state index contributed by atoms with van der Waals surface area (Å²) in [5, 5.41) is 10.5. The number of morpholine rings is 1. The van der Waals surface area contributed by atoms with Crippen molar-refractivity contribution in [2.75, 3.05) is 52.0 Å². The normalized spacial score (nSPS) is 15.7. The average molecular weight is 763 g/mol. The number of phenolic OH excluding ortho intramolecular Hbond substituents is 1. The van der Waals surface area contributed by atoms with Crippen molar-refractivity contribution in [3.05, 3.63) is 141 Å². The lowest BCUT2D eigenvalue weighted by molar-refractivity contribution is 0.0192. The number of aromatic hydroxyl groups is 1. The minimum absolute atomic E-state index is 0.0526. The van der Waals surface area contributed by atoms with E-state index in [0.29, 0.717) is 65.1 Å². The molecule has 0 saturated carbocycles. The first-order valence-corrected chi connectivity index (χ1v) is 18.9. The molecule has 286 valence electrons. The van der Waals surface area contributed by atoms with E-state index in [1.165, 1.54) is 5.56 Å². The van der Waals surface area contributed by atoms with Crippen molar-refractivity contribution in [3.8, 4) is 17.2 Å². The van der Waals surface area contributed by atoms with Crippen LogP contribution < -0.4 is 14.4 Å². The lowest BCUT2D eigenvalue weighted by Crippen LogP contribution is -2.52. The Hall–Kier alpha value is -5.29. The molecule has 2 aliphatic rings. The van der Waals surface area contributed by atoms with Crippen LogP contribution >= 0.6 is 11.6 Å². The number of hydrogen-bond acceptors (Lipinski definition) is 7. The van der Waals surface area contributed by atoms with Crippen molar-refractivity contribution in [3.63, 3.8) is 0 Å². The zero-order chi connectivity index (χ0) is 38.6. The molecule has 0 unspecified atom stereocenters. The molecular weight excluding hydrogens is 716 g/mol. The number of benzene rings is 4. The molecule has 2 aliphatic heterocycles. The molecule has 0 spiro atoms. The minimum Gasteiger partial charge on any atom is -0.508 e. The molecule has 11 heteroatoms. The number of aromatic nitrogens is 1. The molecule has 0 bridgehead atoms. The van der Waals surface area contributed by atoms with Gasteiger partial charge in [-0.2, -0.15) is 0 Å². The summed E-state index contributed by atoms with van der Waals surface area (Å²) in [4.78, 5) is 35.4. The maximum absolute atomic E-state index is 15.0. The first-order chi connectivity index (χ1) is 26.6. The van der Waals surface area contributed by atoms with Crippen molar-refractivity contribution >= 4 is 29.1 Å². The van der Waals surface area contributed by atoms with Crippen LogP contribution in [-0.2, 0) is 37.7 Å². The highest BCUT2D eigenvalue weighted by Gasteiger charge is 2.34. The number of methoxy groups -OCH3 is 2. The molecule has 10 nitrogen and oxygen atoms in total. The zero-order valence-electron chi connectivity index (χ0n) is 31.8. The zero-order valence-corrected chi connectivity index (χ0v) is 32.5. The third kappa shape index (κ3) is 8.08. The van der Waals surface area contributed by atoms with Crippen LogP contribution in [0.1, 0.15) is 54.2 Å². The lowest BCUT2D eigenvalue weighted by Gasteiger charge is -2.40. The summed E-state index contributed by atoms with van der Waals surface area (Å²) in [5.41, 5.74) is 7.29. The number of ether oxygens (including phenoxy) is 3. The quantitative estimate of drug-likeness (QED) is 0.154. The Balaban J connectivity index is 1.28. The van der Waals surface area contributed by atoms with E-state index < -0.39 is 0 Å². The second-order valence-electron chi connectivity index (χ2n) is 14.2. The monoisotopic (exact) mass is 762 g/mol. The summed E-state index contributed by atoms with van der Waals surface area (Å²) in [5.74, 6) is 0.853. The Morgan fingerprint density at radius 1 is 0.891 bits per heavy atom. The van der Waals surface area contributed by atoms with Crippen molar-refractivity contribution in [1.29, 1.82) is 0 Å². The van der Waals surface area contributed by atoms with Gasteiger partial charge in [-0.3, -0.25) is 14.5 Å². The topological polar surface area (TPSA) is 96.7 Å². The molecule has 7 rings (SSSR count). The van der Waals surface area contributed by atoms with Crippen LogP contribution in [0.15, 0.2) is 91.1 Å². The van der Waals surface area contributed by atoms with Gasteiger partial charge in [-0.15, -0.1) is 0 Å². The number of anilines is 1. The predicted octanol–water partition coefficient (Wildman–Crippen LogP) is 7.05. The molecule has 2 amide bonds. The Morgan fingerprint density at radius 2 is 1.62 bits per heavy atom. The average Bonchev–Trinajstić information content (AvgIpc) is 3.54. The highest BCUT2D eigenvalue weighted by molar-refractivity contribution is 6.32. The third-order valence-corrected chi connectivity index (χ3v) is 11.3. The summed E-state index contributed by atoms with van der Waals surface area (Å²) in [6.07, 6.45) is 2.91. The van der Waals surface area contributed by atoms with Crippen molar-refractivity contribution in [2.45, 2.75) is 38.9 Å². The summed E-state index contributed by atoms with van der Waals surface area (Å²) < 4.78 is 19.2. The number of phenols is 1. The van der Waals surface area contributed by atoms with Gasteiger partial charge in [0.2, 0.25) is 0 Å². The number of hydrogen-bond donors (Lipinski definition) is 1. The maximum Gasteiger partial charge on any atom is 0.260 e. The fourth-order valence-corrected chi connectivity index (χ4v) is 7.99. The summed E-state index contributed by atoms with van der Waals surface area (Å²) in [6, 6.07) is 26.1. The third-order valence-electron chi connectivity index (χ3n) is 11.0. The molecule has 0 radical (unpaired) electrons. The van der Waals surface area contributed by atoms with Gasteiger partial charge in [-0.25, -0.2) is 0 Å². The summed E-state index contributed by atoms with van der Waals surface area (Å²) in [6.45, 7) is 6.34. The molecule has 1 atom stereocenters. The predicted molar refractivity (Wildman–Crippen MR) is 214 cm³/mol. The standard InChI is InChI=1S/C44H47ClN4O6/c1-29-37(16-17-46(29)2)43(51)48(34-12-14-36(50)15-13-34)27-32-10-7-11-41(53-3)38(32)23-33-24-40(45)42(54-4)25-39(33)44(52)49-26-31-9-6-5-8-30(31)22-35(49)28-47-18-20-55-21-19-47/h5-17,24-25,35,50H,18-23,26-28H2,1-4H3/t35-/m0/s1. The van der Waals surface area contributed by atoms with Gasteiger partial charge in [0, 0.05) is 74.4 Å². The second kappa shape index (κ2) is 16.6. The number of nitrogens with zero attached hydrogens (tertiary/aromatic N) is 4. The molecule has 1 fully saturated rings. The first kappa shape index (κ1) is 38.0. The van der Waals surface area contributed by atoms with Crippen molar-refractivity contribution in [1.82, 2.24) is 14.4 Å². The molecule has 5 aromatic rings. The number of aryl methyl sites for hydroxylation is 1. The fourth-order valence-electron chi connectivity index (χ4n) is 7.73. The van der Waals surface area contributed by atoms with E-state index in [4.69, 9.17) is 25.8 Å². The van der Waals surface area contributed by atoms with E-state index in [-0.39, 0.29) is 30.2 Å². The maximum atomic E-state index is 15.0. The number of halogens is 1. The summed E-state index contributed by atoms with van der Waals surface area (Å²) in [7, 11) is 5.08. The van der Waals surface area contributed by atoms with E-state index >= 15 is 4.79 Å². The van der Waals surface area contributed by atoms with Crippen LogP contribution in [0, 0.1) is 6.92 Å². The highest BCUT2D eigenvalue weighted by Crippen LogP contribution is 2.36. The van der Waals surface area contributed by atoms with E-state index in [1.807, 2.05) is 66.0 Å². The number of fused-ring (bicyclic) bond motifs is 1. The Bertz CT molecular complexity index is 2180. The first-order valence-electron chi connectivity index (χ1n) is 18.6. The van der Waals surface area contributed by atoms with Gasteiger partial charge in [-0.1, -0.05) is 48.0 Å².